The fourth-order valence-corrected chi connectivity index (χ4v) is 1.33. The summed E-state index contributed by atoms with van der Waals surface area (Å²) in [6, 6.07) is 6.33. The molecular formula is C11H15N2+. The summed E-state index contributed by atoms with van der Waals surface area (Å²) in [5.74, 6) is 0. The molecule has 0 aliphatic heterocycles. The summed E-state index contributed by atoms with van der Waals surface area (Å²) in [7, 11) is 0. The first-order valence-electron chi connectivity index (χ1n) is 4.59. The van der Waals surface area contributed by atoms with E-state index in [0.717, 1.165) is 12.1 Å². The molecule has 0 amide bonds. The van der Waals surface area contributed by atoms with Crippen molar-refractivity contribution in [3.63, 3.8) is 0 Å². The van der Waals surface area contributed by atoms with Gasteiger partial charge in [-0.05, 0) is 12.5 Å². The number of nitrogens with zero attached hydrogens (tertiary/aromatic N) is 2. The Labute approximate surface area is 79.4 Å². The van der Waals surface area contributed by atoms with Crippen LogP contribution in [0.1, 0.15) is 31.1 Å². The second-order valence-electron chi connectivity index (χ2n) is 3.24. The van der Waals surface area contributed by atoms with Crippen LogP contribution < -0.4 is 4.57 Å². The number of rotatable bonds is 2. The third-order valence-electron chi connectivity index (χ3n) is 2.26. The molecule has 1 atom stereocenters. The van der Waals surface area contributed by atoms with Crippen molar-refractivity contribution in [1.29, 1.82) is 5.26 Å². The predicted octanol–water partition coefficient (Wildman–Crippen LogP) is 1.93. The topological polar surface area (TPSA) is 27.7 Å². The van der Waals surface area contributed by atoms with E-state index in [9.17, 15) is 0 Å². The quantitative estimate of drug-likeness (QED) is 0.631. The summed E-state index contributed by atoms with van der Waals surface area (Å²) >= 11 is 0. The monoisotopic (exact) mass is 175 g/mol. The minimum atomic E-state index is -0.0773. The third kappa shape index (κ3) is 2.06. The average molecular weight is 175 g/mol. The number of aryl methyl sites for hydroxylation is 2. The standard InChI is InChI=1S/C11H15N2/c1-4-11-6-5-9(2)13(8-11)10(3)7-12/h5-6,8,10H,4H2,1-3H3/q+1. The van der Waals surface area contributed by atoms with Gasteiger partial charge in [0.15, 0.2) is 11.9 Å². The van der Waals surface area contributed by atoms with E-state index in [1.165, 1.54) is 5.56 Å². The lowest BCUT2D eigenvalue weighted by atomic mass is 10.2. The Morgan fingerprint density at radius 1 is 1.54 bits per heavy atom. The summed E-state index contributed by atoms with van der Waals surface area (Å²) in [6.45, 7) is 6.05. The van der Waals surface area contributed by atoms with Crippen LogP contribution in [0.2, 0.25) is 0 Å². The van der Waals surface area contributed by atoms with Crippen LogP contribution in [0.3, 0.4) is 0 Å². The van der Waals surface area contributed by atoms with Crippen LogP contribution in [-0.2, 0) is 6.42 Å². The van der Waals surface area contributed by atoms with Gasteiger partial charge in [-0.3, -0.25) is 0 Å². The smallest absolute Gasteiger partial charge is 0.191 e. The lowest BCUT2D eigenvalue weighted by molar-refractivity contribution is -0.712. The maximum absolute atomic E-state index is 8.81. The van der Waals surface area contributed by atoms with E-state index in [0.29, 0.717) is 0 Å². The van der Waals surface area contributed by atoms with E-state index in [1.807, 2.05) is 18.4 Å². The maximum atomic E-state index is 8.81. The molecule has 68 valence electrons. The molecule has 13 heavy (non-hydrogen) atoms. The Hall–Kier alpha value is -1.36. The molecule has 0 saturated carbocycles. The molecule has 2 nitrogen and oxygen atoms in total. The van der Waals surface area contributed by atoms with Gasteiger partial charge in [-0.15, -0.1) is 0 Å². The van der Waals surface area contributed by atoms with Gasteiger partial charge >= 0.3 is 0 Å². The Morgan fingerprint density at radius 3 is 2.77 bits per heavy atom. The maximum Gasteiger partial charge on any atom is 0.240 e. The van der Waals surface area contributed by atoms with Crippen LogP contribution in [0.5, 0.6) is 0 Å². The molecule has 0 radical (unpaired) electrons. The molecule has 0 spiro atoms. The fraction of sp³-hybridized carbons (Fsp3) is 0.455. The molecule has 0 fully saturated rings. The summed E-state index contributed by atoms with van der Waals surface area (Å²) < 4.78 is 2.01. The zero-order chi connectivity index (χ0) is 9.84. The van der Waals surface area contributed by atoms with Gasteiger partial charge in [0.05, 0.1) is 0 Å². The van der Waals surface area contributed by atoms with Crippen LogP contribution in [0, 0.1) is 18.3 Å². The second-order valence-corrected chi connectivity index (χ2v) is 3.24. The van der Waals surface area contributed by atoms with Gasteiger partial charge in [-0.1, -0.05) is 6.92 Å². The number of aromatic nitrogens is 1. The molecule has 0 N–H and O–H groups in total. The zero-order valence-corrected chi connectivity index (χ0v) is 8.41. The molecule has 1 unspecified atom stereocenters. The number of hydrogen-bond acceptors (Lipinski definition) is 1. The molecule has 0 saturated heterocycles. The fourth-order valence-electron chi connectivity index (χ4n) is 1.33. The summed E-state index contributed by atoms with van der Waals surface area (Å²) in [6.07, 6.45) is 3.07. The van der Waals surface area contributed by atoms with Crippen molar-refractivity contribution < 1.29 is 4.57 Å². The van der Waals surface area contributed by atoms with Crippen LogP contribution in [-0.4, -0.2) is 0 Å². The first-order chi connectivity index (χ1) is 6.19. The Balaban J connectivity index is 3.12. The van der Waals surface area contributed by atoms with Crippen molar-refractivity contribution in [2.45, 2.75) is 33.2 Å². The third-order valence-corrected chi connectivity index (χ3v) is 2.26. The van der Waals surface area contributed by atoms with E-state index in [-0.39, 0.29) is 6.04 Å². The van der Waals surface area contributed by atoms with Crippen molar-refractivity contribution in [3.05, 3.63) is 29.6 Å². The highest BCUT2D eigenvalue weighted by Gasteiger charge is 2.14. The second kappa shape index (κ2) is 4.04. The van der Waals surface area contributed by atoms with Crippen molar-refractivity contribution in [2.75, 3.05) is 0 Å². The molecule has 0 aliphatic rings. The first-order valence-corrected chi connectivity index (χ1v) is 4.59. The number of hydrogen-bond donors (Lipinski definition) is 0. The Bertz CT molecular complexity index is 336. The highest BCUT2D eigenvalue weighted by Crippen LogP contribution is 2.02. The van der Waals surface area contributed by atoms with E-state index in [1.54, 1.807) is 0 Å². The zero-order valence-electron chi connectivity index (χ0n) is 8.41. The van der Waals surface area contributed by atoms with E-state index >= 15 is 0 Å². The van der Waals surface area contributed by atoms with Crippen molar-refractivity contribution >= 4 is 0 Å². The van der Waals surface area contributed by atoms with Gasteiger partial charge in [-0.2, -0.15) is 9.83 Å². The van der Waals surface area contributed by atoms with E-state index in [4.69, 9.17) is 5.26 Å². The molecule has 0 aliphatic carbocycles. The van der Waals surface area contributed by atoms with Crippen LogP contribution in [0.15, 0.2) is 18.3 Å². The normalized spacial score (nSPS) is 12.2. The van der Waals surface area contributed by atoms with Gasteiger partial charge < -0.3 is 0 Å². The van der Waals surface area contributed by atoms with Crippen LogP contribution in [0.25, 0.3) is 0 Å². The SMILES string of the molecule is CCc1ccc(C)[n+](C(C)C#N)c1. The first kappa shape index (κ1) is 9.73. The molecular weight excluding hydrogens is 160 g/mol. The van der Waals surface area contributed by atoms with Gasteiger partial charge in [-0.25, -0.2) is 0 Å². The highest BCUT2D eigenvalue weighted by molar-refractivity contribution is 5.08. The molecule has 0 bridgehead atoms. The van der Waals surface area contributed by atoms with E-state index in [2.05, 4.69) is 31.3 Å². The molecule has 0 aromatic carbocycles. The lowest BCUT2D eigenvalue weighted by Crippen LogP contribution is -2.40. The Kier molecular flexibility index (Phi) is 3.02. The van der Waals surface area contributed by atoms with Gasteiger partial charge in [0.2, 0.25) is 6.04 Å². The van der Waals surface area contributed by atoms with Crippen LogP contribution in [0.4, 0.5) is 0 Å². The summed E-state index contributed by atoms with van der Waals surface area (Å²) in [5.41, 5.74) is 2.40. The molecule has 1 aromatic heterocycles. The van der Waals surface area contributed by atoms with Gasteiger partial charge in [0.1, 0.15) is 6.07 Å². The number of nitriles is 1. The summed E-state index contributed by atoms with van der Waals surface area (Å²) in [5, 5.41) is 8.81. The largest absolute Gasteiger partial charge is 0.240 e. The van der Waals surface area contributed by atoms with Crippen molar-refractivity contribution in [2.24, 2.45) is 0 Å². The summed E-state index contributed by atoms with van der Waals surface area (Å²) in [4.78, 5) is 0. The minimum Gasteiger partial charge on any atom is -0.191 e. The number of pyridine rings is 1. The molecule has 1 aromatic rings. The van der Waals surface area contributed by atoms with Crippen molar-refractivity contribution in [1.82, 2.24) is 0 Å². The van der Waals surface area contributed by atoms with Crippen LogP contribution >= 0.6 is 0 Å². The minimum absolute atomic E-state index is 0.0773. The highest BCUT2D eigenvalue weighted by atomic mass is 15.0. The average Bonchev–Trinajstić information content (AvgIpc) is 2.17. The molecule has 1 rings (SSSR count). The predicted molar refractivity (Wildman–Crippen MR) is 51.1 cm³/mol. The lowest BCUT2D eigenvalue weighted by Gasteiger charge is -2.03. The Morgan fingerprint density at radius 2 is 2.23 bits per heavy atom. The van der Waals surface area contributed by atoms with Crippen molar-refractivity contribution in [3.8, 4) is 6.07 Å². The molecule has 2 heteroatoms. The van der Waals surface area contributed by atoms with Gasteiger partial charge in [0.25, 0.3) is 0 Å². The van der Waals surface area contributed by atoms with E-state index < -0.39 is 0 Å². The van der Waals surface area contributed by atoms with Gasteiger partial charge in [0, 0.05) is 25.5 Å². The molecule has 1 heterocycles.